The van der Waals surface area contributed by atoms with E-state index in [-0.39, 0.29) is 32.8 Å². The van der Waals surface area contributed by atoms with Crippen molar-refractivity contribution in [2.45, 2.75) is 6.92 Å². The van der Waals surface area contributed by atoms with Gasteiger partial charge in [-0.05, 0) is 6.92 Å². The Morgan fingerprint density at radius 2 is 1.35 bits per heavy atom. The molecule has 0 saturated carbocycles. The third-order valence-corrected chi connectivity index (χ3v) is 2.41. The highest BCUT2D eigenvalue weighted by molar-refractivity contribution is 5.74. The number of aliphatic hydroxyl groups excluding tert-OH is 4. The number of nitrogens with zero attached hydrogens (tertiary/aromatic N) is 1. The van der Waals surface area contributed by atoms with E-state index < -0.39 is 30.6 Å². The summed E-state index contributed by atoms with van der Waals surface area (Å²) >= 11 is 0. The van der Waals surface area contributed by atoms with Crippen LogP contribution in [0.5, 0.6) is 0 Å². The zero-order chi connectivity index (χ0) is 16.2. The van der Waals surface area contributed by atoms with Crippen LogP contribution in [0.3, 0.4) is 0 Å². The van der Waals surface area contributed by atoms with Gasteiger partial charge in [-0.1, -0.05) is 0 Å². The van der Waals surface area contributed by atoms with E-state index >= 15 is 0 Å². The van der Waals surface area contributed by atoms with Crippen molar-refractivity contribution in [3.05, 3.63) is 0 Å². The van der Waals surface area contributed by atoms with Gasteiger partial charge in [0, 0.05) is 13.1 Å². The average Bonchev–Trinajstić information content (AvgIpc) is 2.38. The van der Waals surface area contributed by atoms with E-state index in [1.54, 1.807) is 0 Å². The predicted molar refractivity (Wildman–Crippen MR) is 68.2 cm³/mol. The summed E-state index contributed by atoms with van der Waals surface area (Å²) in [7, 11) is 0. The highest BCUT2D eigenvalue weighted by Gasteiger charge is 2.31. The Morgan fingerprint density at radius 3 is 1.50 bits per heavy atom. The van der Waals surface area contributed by atoms with E-state index in [4.69, 9.17) is 30.6 Å². The van der Waals surface area contributed by atoms with Crippen molar-refractivity contribution in [2.24, 2.45) is 5.41 Å². The van der Waals surface area contributed by atoms with Gasteiger partial charge in [0.2, 0.25) is 0 Å². The Balaban J connectivity index is 0. The van der Waals surface area contributed by atoms with Crippen LogP contribution in [0.2, 0.25) is 0 Å². The van der Waals surface area contributed by atoms with Crippen molar-refractivity contribution in [3.8, 4) is 0 Å². The molecule has 0 atom stereocenters. The van der Waals surface area contributed by atoms with Crippen LogP contribution in [0.1, 0.15) is 6.92 Å². The molecule has 0 aliphatic heterocycles. The van der Waals surface area contributed by atoms with E-state index in [0.717, 1.165) is 0 Å². The topological polar surface area (TPSA) is 159 Å². The van der Waals surface area contributed by atoms with Crippen molar-refractivity contribution < 1.29 is 40.2 Å². The second kappa shape index (κ2) is 11.6. The number of rotatable bonds is 9. The maximum atomic E-state index is 10.2. The maximum absolute atomic E-state index is 10.2. The Morgan fingerprint density at radius 1 is 0.950 bits per heavy atom. The number of hydrogen-bond donors (Lipinski definition) is 6. The predicted octanol–water partition coefficient (Wildman–Crippen LogP) is -2.58. The Hall–Kier alpha value is -1.26. The molecule has 120 valence electrons. The van der Waals surface area contributed by atoms with E-state index in [9.17, 15) is 9.59 Å². The molecule has 20 heavy (non-hydrogen) atoms. The molecule has 0 aliphatic rings. The minimum Gasteiger partial charge on any atom is -0.481 e. The molecular weight excluding hydrogens is 274 g/mol. The average molecular weight is 297 g/mol. The third-order valence-electron chi connectivity index (χ3n) is 2.41. The fourth-order valence-electron chi connectivity index (χ4n) is 0.929. The summed E-state index contributed by atoms with van der Waals surface area (Å²) in [6.07, 6.45) is 0. The first-order valence-corrected chi connectivity index (χ1v) is 5.88. The van der Waals surface area contributed by atoms with Crippen molar-refractivity contribution in [2.75, 3.05) is 46.1 Å². The van der Waals surface area contributed by atoms with Gasteiger partial charge in [-0.2, -0.15) is 0 Å². The molecule has 0 rings (SSSR count). The monoisotopic (exact) mass is 297 g/mol. The van der Waals surface area contributed by atoms with Gasteiger partial charge >= 0.3 is 11.9 Å². The van der Waals surface area contributed by atoms with Gasteiger partial charge in [-0.3, -0.25) is 14.5 Å². The fourth-order valence-corrected chi connectivity index (χ4v) is 0.929. The molecule has 0 heterocycles. The second-order valence-corrected chi connectivity index (χ2v) is 4.30. The summed E-state index contributed by atoms with van der Waals surface area (Å²) in [6, 6.07) is 0. The Kier molecular flexibility index (Phi) is 12.2. The van der Waals surface area contributed by atoms with Crippen LogP contribution >= 0.6 is 0 Å². The van der Waals surface area contributed by atoms with Crippen LogP contribution in [0, 0.1) is 5.41 Å². The SMILES string of the molecule is CC(CO)(CO)C(=O)O.O=C(O)CN(CCO)CCO. The van der Waals surface area contributed by atoms with Gasteiger partial charge in [0.1, 0.15) is 5.41 Å². The molecule has 9 nitrogen and oxygen atoms in total. The summed E-state index contributed by atoms with van der Waals surface area (Å²) in [5.41, 5.74) is -1.39. The van der Waals surface area contributed by atoms with E-state index in [0.29, 0.717) is 0 Å². The lowest BCUT2D eigenvalue weighted by Gasteiger charge is -2.17. The molecule has 0 fully saturated rings. The molecular formula is C11H23NO8. The number of carbonyl (C=O) groups is 2. The van der Waals surface area contributed by atoms with Crippen LogP contribution in [0.4, 0.5) is 0 Å². The van der Waals surface area contributed by atoms with Crippen molar-refractivity contribution >= 4 is 11.9 Å². The number of carboxylic acids is 2. The largest absolute Gasteiger partial charge is 0.481 e. The van der Waals surface area contributed by atoms with E-state index in [2.05, 4.69) is 0 Å². The molecule has 0 aromatic carbocycles. The van der Waals surface area contributed by atoms with Crippen LogP contribution in [-0.4, -0.2) is 93.5 Å². The van der Waals surface area contributed by atoms with Crippen molar-refractivity contribution in [1.29, 1.82) is 0 Å². The Labute approximate surface area is 116 Å². The van der Waals surface area contributed by atoms with Gasteiger partial charge in [0.05, 0.1) is 33.0 Å². The minimum absolute atomic E-state index is 0.0900. The van der Waals surface area contributed by atoms with Gasteiger partial charge in [-0.25, -0.2) is 0 Å². The summed E-state index contributed by atoms with van der Waals surface area (Å²) in [5.74, 6) is -2.14. The molecule has 0 bridgehead atoms. The van der Waals surface area contributed by atoms with Crippen molar-refractivity contribution in [3.63, 3.8) is 0 Å². The maximum Gasteiger partial charge on any atom is 0.317 e. The first-order chi connectivity index (χ1) is 9.27. The van der Waals surface area contributed by atoms with E-state index in [1.165, 1.54) is 11.8 Å². The lowest BCUT2D eigenvalue weighted by atomic mass is 9.94. The third kappa shape index (κ3) is 9.64. The zero-order valence-corrected chi connectivity index (χ0v) is 11.4. The number of aliphatic carboxylic acids is 2. The molecule has 6 N–H and O–H groups in total. The normalized spacial score (nSPS) is 10.9. The van der Waals surface area contributed by atoms with Crippen molar-refractivity contribution in [1.82, 2.24) is 4.90 Å². The molecule has 0 aliphatic carbocycles. The van der Waals surface area contributed by atoms with Crippen LogP contribution in [0.25, 0.3) is 0 Å². The molecule has 0 aromatic rings. The smallest absolute Gasteiger partial charge is 0.317 e. The number of hydrogen-bond acceptors (Lipinski definition) is 7. The quantitative estimate of drug-likeness (QED) is 0.269. The lowest BCUT2D eigenvalue weighted by Crippen LogP contribution is -2.35. The van der Waals surface area contributed by atoms with Gasteiger partial charge < -0.3 is 30.6 Å². The minimum atomic E-state index is -1.39. The lowest BCUT2D eigenvalue weighted by molar-refractivity contribution is -0.153. The molecule has 0 spiro atoms. The van der Waals surface area contributed by atoms with Crippen LogP contribution in [-0.2, 0) is 9.59 Å². The highest BCUT2D eigenvalue weighted by Crippen LogP contribution is 2.12. The van der Waals surface area contributed by atoms with Crippen LogP contribution in [0.15, 0.2) is 0 Å². The van der Waals surface area contributed by atoms with Gasteiger partial charge in [0.15, 0.2) is 0 Å². The first-order valence-electron chi connectivity index (χ1n) is 5.88. The zero-order valence-electron chi connectivity index (χ0n) is 11.4. The summed E-state index contributed by atoms with van der Waals surface area (Å²) < 4.78 is 0. The standard InChI is InChI=1S/C6H13NO4.C5H10O4/c8-3-1-7(2-4-9)5-6(10)11;1-5(2-6,3-7)4(8)9/h8-9H,1-5H2,(H,10,11);6-7H,2-3H2,1H3,(H,8,9). The molecule has 0 unspecified atom stereocenters. The number of aliphatic hydroxyl groups is 4. The van der Waals surface area contributed by atoms with E-state index in [1.807, 2.05) is 0 Å². The summed E-state index contributed by atoms with van der Waals surface area (Å²) in [4.78, 5) is 21.8. The summed E-state index contributed by atoms with van der Waals surface area (Å²) in [5, 5.41) is 50.4. The summed E-state index contributed by atoms with van der Waals surface area (Å²) in [6.45, 7) is 0.439. The van der Waals surface area contributed by atoms with Crippen LogP contribution < -0.4 is 0 Å². The Bertz CT molecular complexity index is 274. The number of carboxylic acid groups (broad SMARTS) is 2. The molecule has 0 aromatic heterocycles. The fraction of sp³-hybridized carbons (Fsp3) is 0.818. The second-order valence-electron chi connectivity index (χ2n) is 4.30. The molecule has 0 radical (unpaired) electrons. The van der Waals surface area contributed by atoms with Gasteiger partial charge in [0.25, 0.3) is 0 Å². The molecule has 0 amide bonds. The highest BCUT2D eigenvalue weighted by atomic mass is 16.4. The molecule has 0 saturated heterocycles. The molecule has 9 heteroatoms. The first kappa shape index (κ1) is 21.0. The van der Waals surface area contributed by atoms with Gasteiger partial charge in [-0.15, -0.1) is 0 Å².